The fourth-order valence-corrected chi connectivity index (χ4v) is 5.88. The Hall–Kier alpha value is -3.85. The molecule has 9 heteroatoms. The molecule has 2 fully saturated rings. The van der Waals surface area contributed by atoms with Gasteiger partial charge in [-0.1, -0.05) is 38.0 Å². The number of amidine groups is 1. The molecule has 2 heterocycles. The number of nitrogens with zero attached hydrogens (tertiary/aromatic N) is 3. The highest BCUT2D eigenvalue weighted by molar-refractivity contribution is 8.18. The zero-order chi connectivity index (χ0) is 25.9. The molecule has 1 aliphatic carbocycles. The summed E-state index contributed by atoms with van der Waals surface area (Å²) in [7, 11) is 1.46. The number of carbonyl (C=O) groups excluding carboxylic acids is 1. The molecule has 1 amide bonds. The molecule has 1 aliphatic heterocycles. The number of carbonyl (C=O) groups is 1. The number of para-hydroxylation sites is 1. The molecule has 37 heavy (non-hydrogen) atoms. The van der Waals surface area contributed by atoms with E-state index in [4.69, 9.17) is 14.1 Å². The lowest BCUT2D eigenvalue weighted by Gasteiger charge is -2.35. The largest absolute Gasteiger partial charge is 0.497 e. The smallest absolute Gasteiger partial charge is 0.284 e. The van der Waals surface area contributed by atoms with E-state index in [1.807, 2.05) is 35.2 Å². The third kappa shape index (κ3) is 5.17. The summed E-state index contributed by atoms with van der Waals surface area (Å²) >= 11 is 1.33. The fraction of sp³-hybridized carbons (Fsp3) is 0.286. The summed E-state index contributed by atoms with van der Waals surface area (Å²) in [5.41, 5.74) is 1.01. The minimum atomic E-state index is -0.468. The number of amides is 1. The van der Waals surface area contributed by atoms with Crippen LogP contribution in [0.5, 0.6) is 5.75 Å². The Labute approximate surface area is 219 Å². The van der Waals surface area contributed by atoms with Crippen molar-refractivity contribution >= 4 is 40.3 Å². The summed E-state index contributed by atoms with van der Waals surface area (Å²) < 4.78 is 11.1. The third-order valence-corrected chi connectivity index (χ3v) is 7.77. The summed E-state index contributed by atoms with van der Waals surface area (Å²) in [6, 6.07) is 17.7. The molecule has 190 valence electrons. The quantitative estimate of drug-likeness (QED) is 0.197. The molecule has 0 spiro atoms. The number of furan rings is 1. The van der Waals surface area contributed by atoms with E-state index in [1.54, 1.807) is 30.3 Å². The number of aliphatic imine (C=N–C) groups is 1. The molecular formula is C28H27N3O5S. The van der Waals surface area contributed by atoms with Crippen molar-refractivity contribution in [2.45, 2.75) is 38.6 Å². The van der Waals surface area contributed by atoms with Gasteiger partial charge in [0, 0.05) is 12.1 Å². The highest BCUT2D eigenvalue weighted by Crippen LogP contribution is 2.41. The Balaban J connectivity index is 1.48. The molecule has 1 aromatic heterocycles. The molecule has 0 N–H and O–H groups in total. The molecule has 2 atom stereocenters. The molecule has 3 aromatic rings. The minimum Gasteiger partial charge on any atom is -0.497 e. The Morgan fingerprint density at radius 2 is 1.92 bits per heavy atom. The zero-order valence-electron chi connectivity index (χ0n) is 20.6. The maximum absolute atomic E-state index is 13.7. The SMILES string of the molecule is COc1ccc(-c2ccc(/C=C3\SC(=Nc4ccccc4)N([C@H]4CCCC[C@@H]4C)C3=O)o2)c([N+](=O)[O-])c1. The summed E-state index contributed by atoms with van der Waals surface area (Å²) in [6.07, 6.45) is 5.98. The van der Waals surface area contributed by atoms with E-state index < -0.39 is 4.92 Å². The zero-order valence-corrected chi connectivity index (χ0v) is 21.4. The van der Waals surface area contributed by atoms with Gasteiger partial charge < -0.3 is 9.15 Å². The van der Waals surface area contributed by atoms with Gasteiger partial charge in [0.25, 0.3) is 11.6 Å². The molecule has 1 saturated carbocycles. The van der Waals surface area contributed by atoms with Gasteiger partial charge in [-0.05, 0) is 66.9 Å². The maximum Gasteiger partial charge on any atom is 0.284 e. The van der Waals surface area contributed by atoms with Crippen LogP contribution in [0.1, 0.15) is 38.4 Å². The number of nitro groups is 1. The van der Waals surface area contributed by atoms with Crippen molar-refractivity contribution in [2.24, 2.45) is 10.9 Å². The van der Waals surface area contributed by atoms with Gasteiger partial charge in [0.15, 0.2) is 5.17 Å². The van der Waals surface area contributed by atoms with E-state index in [9.17, 15) is 14.9 Å². The Morgan fingerprint density at radius 3 is 2.65 bits per heavy atom. The van der Waals surface area contributed by atoms with Crippen molar-refractivity contribution < 1.29 is 18.9 Å². The van der Waals surface area contributed by atoms with Crippen LogP contribution in [0.15, 0.2) is 75.0 Å². The Morgan fingerprint density at radius 1 is 1.14 bits per heavy atom. The van der Waals surface area contributed by atoms with Crippen LogP contribution in [0.4, 0.5) is 11.4 Å². The van der Waals surface area contributed by atoms with Crippen molar-refractivity contribution in [1.82, 2.24) is 4.90 Å². The topological polar surface area (TPSA) is 98.2 Å². The number of benzene rings is 2. The second-order valence-electron chi connectivity index (χ2n) is 9.19. The van der Waals surface area contributed by atoms with E-state index >= 15 is 0 Å². The van der Waals surface area contributed by atoms with Gasteiger partial charge in [-0.15, -0.1) is 0 Å². The van der Waals surface area contributed by atoms with Crippen LogP contribution in [-0.2, 0) is 4.79 Å². The molecule has 2 aromatic carbocycles. The summed E-state index contributed by atoms with van der Waals surface area (Å²) in [4.78, 5) is 32.0. The predicted octanol–water partition coefficient (Wildman–Crippen LogP) is 7.05. The first-order valence-corrected chi connectivity index (χ1v) is 13.1. The normalized spacial score (nSPS) is 22.1. The number of hydrogen-bond donors (Lipinski definition) is 0. The number of ether oxygens (including phenoxy) is 1. The van der Waals surface area contributed by atoms with Crippen molar-refractivity contribution in [1.29, 1.82) is 0 Å². The third-order valence-electron chi connectivity index (χ3n) is 6.78. The average molecular weight is 518 g/mol. The van der Waals surface area contributed by atoms with Gasteiger partial charge in [-0.25, -0.2) is 4.99 Å². The van der Waals surface area contributed by atoms with Crippen LogP contribution in [0.25, 0.3) is 17.4 Å². The van der Waals surface area contributed by atoms with Gasteiger partial charge in [0.05, 0.1) is 34.3 Å². The standard InChI is InChI=1S/C28H27N3O5S/c1-18-8-6-7-11-23(18)30-27(32)26(37-28(30)29-19-9-4-3-5-10-19)17-21-13-15-25(36-21)22-14-12-20(35-2)16-24(22)31(33)34/h3-5,9-10,12-18,23H,6-8,11H2,1-2H3/b26-17-,29-28?/t18-,23-/m0/s1. The lowest BCUT2D eigenvalue weighted by Crippen LogP contribution is -2.44. The van der Waals surface area contributed by atoms with Crippen LogP contribution in [0.3, 0.4) is 0 Å². The minimum absolute atomic E-state index is 0.0909. The number of nitro benzene ring substituents is 1. The van der Waals surface area contributed by atoms with Crippen molar-refractivity contribution in [3.05, 3.63) is 81.4 Å². The Bertz CT molecular complexity index is 1380. The van der Waals surface area contributed by atoms with E-state index in [1.165, 1.54) is 31.4 Å². The molecular weight excluding hydrogens is 490 g/mol. The number of hydrogen-bond acceptors (Lipinski definition) is 7. The van der Waals surface area contributed by atoms with Crippen LogP contribution in [0.2, 0.25) is 0 Å². The summed E-state index contributed by atoms with van der Waals surface area (Å²) in [6.45, 7) is 2.20. The highest BCUT2D eigenvalue weighted by atomic mass is 32.2. The van der Waals surface area contributed by atoms with Crippen LogP contribution in [-0.4, -0.2) is 34.0 Å². The Kier molecular flexibility index (Phi) is 7.14. The summed E-state index contributed by atoms with van der Waals surface area (Å²) in [5.74, 6) is 1.46. The molecule has 2 aliphatic rings. The van der Waals surface area contributed by atoms with E-state index in [0.29, 0.717) is 38.8 Å². The average Bonchev–Trinajstić information content (AvgIpc) is 3.49. The highest BCUT2D eigenvalue weighted by Gasteiger charge is 2.41. The van der Waals surface area contributed by atoms with Gasteiger partial charge in [0.1, 0.15) is 17.3 Å². The van der Waals surface area contributed by atoms with E-state index in [-0.39, 0.29) is 17.6 Å². The lowest BCUT2D eigenvalue weighted by molar-refractivity contribution is -0.384. The van der Waals surface area contributed by atoms with E-state index in [2.05, 4.69) is 6.92 Å². The number of thioether (sulfide) groups is 1. The van der Waals surface area contributed by atoms with Crippen molar-refractivity contribution in [3.63, 3.8) is 0 Å². The predicted molar refractivity (Wildman–Crippen MR) is 145 cm³/mol. The molecule has 5 rings (SSSR count). The first-order valence-electron chi connectivity index (χ1n) is 12.2. The second-order valence-corrected chi connectivity index (χ2v) is 10.2. The van der Waals surface area contributed by atoms with Gasteiger partial charge in [-0.2, -0.15) is 0 Å². The summed E-state index contributed by atoms with van der Waals surface area (Å²) in [5, 5.41) is 12.3. The van der Waals surface area contributed by atoms with Gasteiger partial charge in [-0.3, -0.25) is 19.8 Å². The number of methoxy groups -OCH3 is 1. The fourth-order valence-electron chi connectivity index (χ4n) is 4.85. The molecule has 0 radical (unpaired) electrons. The number of rotatable bonds is 6. The monoisotopic (exact) mass is 517 g/mol. The first-order chi connectivity index (χ1) is 17.9. The van der Waals surface area contributed by atoms with Gasteiger partial charge in [0.2, 0.25) is 0 Å². The van der Waals surface area contributed by atoms with Crippen LogP contribution in [0, 0.1) is 16.0 Å². The molecule has 1 saturated heterocycles. The molecule has 0 bridgehead atoms. The van der Waals surface area contributed by atoms with Crippen molar-refractivity contribution in [2.75, 3.05) is 7.11 Å². The lowest BCUT2D eigenvalue weighted by atomic mass is 9.85. The first kappa shape index (κ1) is 24.8. The maximum atomic E-state index is 13.7. The van der Waals surface area contributed by atoms with Gasteiger partial charge >= 0.3 is 0 Å². The van der Waals surface area contributed by atoms with Crippen molar-refractivity contribution in [3.8, 4) is 17.1 Å². The second kappa shape index (κ2) is 10.6. The van der Waals surface area contributed by atoms with E-state index in [0.717, 1.165) is 24.9 Å². The van der Waals surface area contributed by atoms with Crippen LogP contribution < -0.4 is 4.74 Å². The van der Waals surface area contributed by atoms with Crippen LogP contribution >= 0.6 is 11.8 Å². The molecule has 0 unspecified atom stereocenters. The molecule has 8 nitrogen and oxygen atoms in total.